The van der Waals surface area contributed by atoms with Gasteiger partial charge in [-0.2, -0.15) is 5.57 Å². The summed E-state index contributed by atoms with van der Waals surface area (Å²) in [5.41, 5.74) is 2.72. The van der Waals surface area contributed by atoms with Crippen molar-refractivity contribution in [3.8, 4) is 0 Å². The standard InChI is InChI=1S/C7H9.2ClH.Zr/c1-6-3-4-7(2)5-6;;;/h5H,3H2,1-2H3;2*1H;/q-1;;;+3/p-2. The molecule has 0 atom stereocenters. The van der Waals surface area contributed by atoms with Crippen LogP contribution in [0.15, 0.2) is 17.2 Å². The van der Waals surface area contributed by atoms with Crippen LogP contribution >= 0.6 is 0 Å². The van der Waals surface area contributed by atoms with Crippen LogP contribution in [0.4, 0.5) is 0 Å². The number of rotatable bonds is 0. The van der Waals surface area contributed by atoms with Crippen molar-refractivity contribution in [1.29, 1.82) is 0 Å². The van der Waals surface area contributed by atoms with Gasteiger partial charge in [0.1, 0.15) is 0 Å². The molecule has 0 fully saturated rings. The quantitative estimate of drug-likeness (QED) is 0.388. The summed E-state index contributed by atoms with van der Waals surface area (Å²) in [7, 11) is 0. The third-order valence-electron chi connectivity index (χ3n) is 1.11. The first kappa shape index (κ1) is 17.1. The molecule has 1 aliphatic carbocycles. The average molecular weight is 255 g/mol. The molecule has 0 N–H and O–H groups in total. The Morgan fingerprint density at radius 1 is 1.30 bits per heavy atom. The van der Waals surface area contributed by atoms with Crippen LogP contribution in [0.2, 0.25) is 0 Å². The van der Waals surface area contributed by atoms with Gasteiger partial charge in [0.2, 0.25) is 0 Å². The summed E-state index contributed by atoms with van der Waals surface area (Å²) in [6.45, 7) is 4.21. The molecule has 0 unspecified atom stereocenters. The predicted molar refractivity (Wildman–Crippen MR) is 30.8 cm³/mol. The van der Waals surface area contributed by atoms with E-state index < -0.39 is 0 Å². The van der Waals surface area contributed by atoms with E-state index in [9.17, 15) is 0 Å². The molecule has 0 saturated carbocycles. The molecular weight excluding hydrogens is 246 g/mol. The zero-order chi connectivity index (χ0) is 5.28. The SMILES string of the molecule is CC1=[C-]CC(C)=C1.[Cl-].[Cl-].[Zr+3]. The van der Waals surface area contributed by atoms with E-state index in [1.165, 1.54) is 11.1 Å². The first-order valence-corrected chi connectivity index (χ1v) is 2.53. The number of hydrogen-bond acceptors (Lipinski definition) is 0. The maximum Gasteiger partial charge on any atom is 3.00 e. The predicted octanol–water partition coefficient (Wildman–Crippen LogP) is -3.91. The van der Waals surface area contributed by atoms with E-state index in [-0.39, 0.29) is 51.0 Å². The molecule has 0 aromatic carbocycles. The zero-order valence-corrected chi connectivity index (χ0v) is 10.0. The Morgan fingerprint density at radius 3 is 1.90 bits per heavy atom. The average Bonchev–Trinajstić information content (AvgIpc) is 1.87. The fraction of sp³-hybridized carbons (Fsp3) is 0.429. The van der Waals surface area contributed by atoms with Crippen LogP contribution in [0.1, 0.15) is 20.3 Å². The second kappa shape index (κ2) is 8.04. The molecule has 0 heterocycles. The second-order valence-corrected chi connectivity index (χ2v) is 2.03. The molecule has 55 valence electrons. The molecule has 3 heteroatoms. The molecule has 0 amide bonds. The molecular formula is C7H9Cl2Zr. The molecule has 0 aromatic heterocycles. The van der Waals surface area contributed by atoms with Gasteiger partial charge in [0.25, 0.3) is 0 Å². The summed E-state index contributed by atoms with van der Waals surface area (Å²) < 4.78 is 0. The molecule has 0 spiro atoms. The van der Waals surface area contributed by atoms with Crippen molar-refractivity contribution >= 4 is 0 Å². The van der Waals surface area contributed by atoms with Gasteiger partial charge in [-0.15, -0.1) is 6.42 Å². The van der Waals surface area contributed by atoms with Gasteiger partial charge in [-0.1, -0.05) is 13.8 Å². The summed E-state index contributed by atoms with van der Waals surface area (Å²) in [4.78, 5) is 0. The molecule has 10 heavy (non-hydrogen) atoms. The van der Waals surface area contributed by atoms with Crippen LogP contribution in [-0.2, 0) is 26.2 Å². The largest absolute Gasteiger partial charge is 3.00 e. The van der Waals surface area contributed by atoms with Crippen LogP contribution in [0.3, 0.4) is 0 Å². The van der Waals surface area contributed by atoms with E-state index in [0.717, 1.165) is 6.42 Å². The van der Waals surface area contributed by atoms with Gasteiger partial charge >= 0.3 is 26.2 Å². The van der Waals surface area contributed by atoms with Crippen molar-refractivity contribution in [3.63, 3.8) is 0 Å². The zero-order valence-electron chi connectivity index (χ0n) is 6.04. The minimum Gasteiger partial charge on any atom is -1.00 e. The van der Waals surface area contributed by atoms with Gasteiger partial charge in [-0.25, -0.2) is 11.6 Å². The molecule has 1 rings (SSSR count). The normalized spacial score (nSPS) is 13.4. The monoisotopic (exact) mass is 253 g/mol. The van der Waals surface area contributed by atoms with E-state index in [1.807, 2.05) is 0 Å². The van der Waals surface area contributed by atoms with Gasteiger partial charge in [0, 0.05) is 0 Å². The van der Waals surface area contributed by atoms with Gasteiger partial charge in [-0.05, 0) is 0 Å². The molecule has 1 aliphatic rings. The van der Waals surface area contributed by atoms with Crippen LogP contribution in [0.25, 0.3) is 0 Å². The minimum atomic E-state index is 0. The van der Waals surface area contributed by atoms with Crippen molar-refractivity contribution in [3.05, 3.63) is 23.3 Å². The Bertz CT molecular complexity index is 139. The Kier molecular flexibility index (Phi) is 13.8. The van der Waals surface area contributed by atoms with Crippen LogP contribution in [0, 0.1) is 6.08 Å². The second-order valence-electron chi connectivity index (χ2n) is 2.03. The molecule has 0 nitrogen and oxygen atoms in total. The van der Waals surface area contributed by atoms with Gasteiger partial charge in [-0.3, -0.25) is 6.08 Å². The fourth-order valence-electron chi connectivity index (χ4n) is 0.751. The first-order chi connectivity index (χ1) is 3.29. The summed E-state index contributed by atoms with van der Waals surface area (Å²) in [5, 5.41) is 0. The van der Waals surface area contributed by atoms with Crippen molar-refractivity contribution in [1.82, 2.24) is 0 Å². The first-order valence-electron chi connectivity index (χ1n) is 2.53. The van der Waals surface area contributed by atoms with Crippen molar-refractivity contribution in [2.75, 3.05) is 0 Å². The van der Waals surface area contributed by atoms with Crippen LogP contribution in [-0.4, -0.2) is 0 Å². The van der Waals surface area contributed by atoms with E-state index in [0.29, 0.717) is 0 Å². The number of hydrogen-bond donors (Lipinski definition) is 0. The van der Waals surface area contributed by atoms with E-state index >= 15 is 0 Å². The summed E-state index contributed by atoms with van der Waals surface area (Å²) in [6.07, 6.45) is 6.41. The molecule has 0 saturated heterocycles. The molecule has 1 radical (unpaired) electrons. The maximum absolute atomic E-state index is 3.19. The maximum atomic E-state index is 3.19. The van der Waals surface area contributed by atoms with Crippen LogP contribution in [0.5, 0.6) is 0 Å². The fourth-order valence-corrected chi connectivity index (χ4v) is 0.751. The number of allylic oxidation sites excluding steroid dienone is 4. The Hall–Kier alpha value is 0.943. The van der Waals surface area contributed by atoms with Crippen molar-refractivity contribution < 1.29 is 51.0 Å². The number of halogens is 2. The van der Waals surface area contributed by atoms with E-state index in [4.69, 9.17) is 0 Å². The molecule has 0 bridgehead atoms. The summed E-state index contributed by atoms with van der Waals surface area (Å²) in [6, 6.07) is 0. The molecule has 0 aliphatic heterocycles. The Balaban J connectivity index is -0.000000163. The van der Waals surface area contributed by atoms with Gasteiger partial charge < -0.3 is 24.8 Å². The van der Waals surface area contributed by atoms with Crippen molar-refractivity contribution in [2.24, 2.45) is 0 Å². The minimum absolute atomic E-state index is 0. The van der Waals surface area contributed by atoms with Gasteiger partial charge in [0.05, 0.1) is 0 Å². The summed E-state index contributed by atoms with van der Waals surface area (Å²) in [5.74, 6) is 0. The van der Waals surface area contributed by atoms with Gasteiger partial charge in [0.15, 0.2) is 0 Å². The van der Waals surface area contributed by atoms with E-state index in [2.05, 4.69) is 26.0 Å². The Labute approximate surface area is 94.1 Å². The topological polar surface area (TPSA) is 0 Å². The summed E-state index contributed by atoms with van der Waals surface area (Å²) >= 11 is 0. The van der Waals surface area contributed by atoms with Crippen molar-refractivity contribution in [2.45, 2.75) is 20.3 Å². The third kappa shape index (κ3) is 5.71. The molecule has 0 aromatic rings. The Morgan fingerprint density at radius 2 is 1.80 bits per heavy atom. The third-order valence-corrected chi connectivity index (χ3v) is 1.11. The van der Waals surface area contributed by atoms with Crippen LogP contribution < -0.4 is 24.8 Å². The van der Waals surface area contributed by atoms with E-state index in [1.54, 1.807) is 0 Å². The smallest absolute Gasteiger partial charge is 1.00 e.